The zero-order valence-corrected chi connectivity index (χ0v) is 20.3. The average Bonchev–Trinajstić information content (AvgIpc) is 3.12. The molecule has 6 nitrogen and oxygen atoms in total. The van der Waals surface area contributed by atoms with Gasteiger partial charge in [0, 0.05) is 35.4 Å². The highest BCUT2D eigenvalue weighted by Crippen LogP contribution is 2.39. The van der Waals surface area contributed by atoms with E-state index in [1.807, 2.05) is 13.0 Å². The second-order valence-electron chi connectivity index (χ2n) is 7.85. The van der Waals surface area contributed by atoms with Crippen LogP contribution in [0.1, 0.15) is 38.2 Å². The molecule has 168 valence electrons. The van der Waals surface area contributed by atoms with E-state index in [-0.39, 0.29) is 22.6 Å². The second-order valence-corrected chi connectivity index (χ2v) is 12.2. The van der Waals surface area contributed by atoms with Gasteiger partial charge in [0.25, 0.3) is 0 Å². The fraction of sp³-hybridized carbons (Fsp3) is 0.650. The van der Waals surface area contributed by atoms with Crippen LogP contribution in [0.15, 0.2) is 18.2 Å². The first-order valence-corrected chi connectivity index (χ1v) is 13.7. The van der Waals surface area contributed by atoms with Crippen LogP contribution in [-0.2, 0) is 21.2 Å². The highest BCUT2D eigenvalue weighted by molar-refractivity contribution is 8.01. The maximum Gasteiger partial charge on any atom is 0.238 e. The molecular formula is C20H29Cl2N3O3S2. The summed E-state index contributed by atoms with van der Waals surface area (Å²) in [6.45, 7) is 3.51. The standard InChI is InChI=1S/C20H29Cl2N3O3S2/c1-2-3-12-30(27,28)25-10-7-20(8-11-25)24-18(14-29-20)19(26)23-9-6-15-4-5-16(21)13-17(15)22/h4-5,13,18,24H,2-3,6-12,14H2,1H3,(H,23,26). The third-order valence-corrected chi connectivity index (χ3v) is 9.79. The fourth-order valence-electron chi connectivity index (χ4n) is 3.82. The highest BCUT2D eigenvalue weighted by atomic mass is 35.5. The molecule has 2 fully saturated rings. The lowest BCUT2D eigenvalue weighted by Gasteiger charge is -2.38. The van der Waals surface area contributed by atoms with Gasteiger partial charge >= 0.3 is 0 Å². The summed E-state index contributed by atoms with van der Waals surface area (Å²) in [5.41, 5.74) is 0.947. The SMILES string of the molecule is CCCCS(=O)(=O)N1CCC2(CC1)NC(C(=O)NCCc1ccc(Cl)cc1Cl)CS2. The van der Waals surface area contributed by atoms with Crippen LogP contribution in [0.2, 0.25) is 10.0 Å². The molecule has 2 N–H and O–H groups in total. The summed E-state index contributed by atoms with van der Waals surface area (Å²) in [6, 6.07) is 5.10. The quantitative estimate of drug-likeness (QED) is 0.580. The summed E-state index contributed by atoms with van der Waals surface area (Å²) in [7, 11) is -3.17. The molecule has 2 heterocycles. The number of thioether (sulfide) groups is 1. The Hall–Kier alpha value is -0.510. The third kappa shape index (κ3) is 6.04. The lowest BCUT2D eigenvalue weighted by molar-refractivity contribution is -0.122. The minimum absolute atomic E-state index is 0.0255. The minimum Gasteiger partial charge on any atom is -0.354 e. The van der Waals surface area contributed by atoms with E-state index in [2.05, 4.69) is 10.6 Å². The summed E-state index contributed by atoms with van der Waals surface area (Å²) in [5.74, 6) is 0.887. The van der Waals surface area contributed by atoms with Crippen molar-refractivity contribution >= 4 is 50.9 Å². The normalized spacial score (nSPS) is 21.8. The smallest absolute Gasteiger partial charge is 0.238 e. The van der Waals surface area contributed by atoms with Crippen molar-refractivity contribution in [1.29, 1.82) is 0 Å². The average molecular weight is 495 g/mol. The van der Waals surface area contributed by atoms with E-state index in [4.69, 9.17) is 23.2 Å². The van der Waals surface area contributed by atoms with Crippen molar-refractivity contribution in [2.45, 2.75) is 49.9 Å². The van der Waals surface area contributed by atoms with Crippen molar-refractivity contribution in [3.63, 3.8) is 0 Å². The molecule has 0 aliphatic carbocycles. The number of carbonyl (C=O) groups excluding carboxylic acids is 1. The van der Waals surface area contributed by atoms with Crippen LogP contribution in [0.4, 0.5) is 0 Å². The Kier molecular flexibility index (Phi) is 8.37. The van der Waals surface area contributed by atoms with Crippen molar-refractivity contribution in [2.24, 2.45) is 0 Å². The van der Waals surface area contributed by atoms with Crippen molar-refractivity contribution in [2.75, 3.05) is 31.1 Å². The topological polar surface area (TPSA) is 78.5 Å². The molecule has 3 rings (SSSR count). The van der Waals surface area contributed by atoms with E-state index in [9.17, 15) is 13.2 Å². The van der Waals surface area contributed by atoms with Gasteiger partial charge < -0.3 is 5.32 Å². The maximum absolute atomic E-state index is 12.6. The van der Waals surface area contributed by atoms with Gasteiger partial charge in [-0.15, -0.1) is 11.8 Å². The summed E-state index contributed by atoms with van der Waals surface area (Å²) in [5, 5.41) is 7.65. The highest BCUT2D eigenvalue weighted by Gasteiger charge is 2.45. The fourth-order valence-corrected chi connectivity index (χ4v) is 7.39. The van der Waals surface area contributed by atoms with Crippen molar-refractivity contribution in [1.82, 2.24) is 14.9 Å². The Morgan fingerprint density at radius 3 is 2.73 bits per heavy atom. The summed E-state index contributed by atoms with van der Waals surface area (Å²) >= 11 is 13.8. The van der Waals surface area contributed by atoms with Crippen LogP contribution in [0.3, 0.4) is 0 Å². The van der Waals surface area contributed by atoms with Crippen molar-refractivity contribution in [3.05, 3.63) is 33.8 Å². The predicted molar refractivity (Wildman–Crippen MR) is 125 cm³/mol. The lowest BCUT2D eigenvalue weighted by Crippen LogP contribution is -2.54. The van der Waals surface area contributed by atoms with Gasteiger partial charge in [-0.05, 0) is 43.4 Å². The number of sulfonamides is 1. The lowest BCUT2D eigenvalue weighted by atomic mass is 10.0. The number of nitrogens with one attached hydrogen (secondary N) is 2. The summed E-state index contributed by atoms with van der Waals surface area (Å²) < 4.78 is 26.4. The number of carbonyl (C=O) groups is 1. The van der Waals surface area contributed by atoms with E-state index in [0.717, 1.165) is 12.0 Å². The second kappa shape index (κ2) is 10.4. The third-order valence-electron chi connectivity index (χ3n) is 5.67. The number of halogens is 2. The van der Waals surface area contributed by atoms with E-state index < -0.39 is 10.0 Å². The van der Waals surface area contributed by atoms with E-state index in [1.54, 1.807) is 28.2 Å². The van der Waals surface area contributed by atoms with Crippen LogP contribution in [-0.4, -0.2) is 60.7 Å². The first-order chi connectivity index (χ1) is 14.2. The number of hydrogen-bond acceptors (Lipinski definition) is 5. The molecular weight excluding hydrogens is 465 g/mol. The summed E-state index contributed by atoms with van der Waals surface area (Å²) in [4.78, 5) is 12.4. The molecule has 1 aromatic carbocycles. The Morgan fingerprint density at radius 2 is 2.07 bits per heavy atom. The van der Waals surface area contributed by atoms with Crippen LogP contribution < -0.4 is 10.6 Å². The minimum atomic E-state index is -3.17. The van der Waals surface area contributed by atoms with Gasteiger partial charge in [-0.1, -0.05) is 42.6 Å². The first kappa shape index (κ1) is 24.1. The molecule has 0 bridgehead atoms. The molecule has 0 saturated carbocycles. The molecule has 2 aliphatic heterocycles. The number of benzene rings is 1. The van der Waals surface area contributed by atoms with E-state index in [0.29, 0.717) is 61.1 Å². The zero-order valence-electron chi connectivity index (χ0n) is 17.1. The summed E-state index contributed by atoms with van der Waals surface area (Å²) in [6.07, 6.45) is 3.63. The number of hydrogen-bond donors (Lipinski definition) is 2. The molecule has 0 radical (unpaired) electrons. The molecule has 30 heavy (non-hydrogen) atoms. The zero-order chi connectivity index (χ0) is 21.8. The molecule has 1 spiro atoms. The van der Waals surface area contributed by atoms with Gasteiger partial charge in [-0.3, -0.25) is 10.1 Å². The molecule has 1 unspecified atom stereocenters. The van der Waals surface area contributed by atoms with Crippen molar-refractivity contribution in [3.8, 4) is 0 Å². The molecule has 2 aliphatic rings. The Balaban J connectivity index is 1.45. The van der Waals surface area contributed by atoms with Gasteiger partial charge in [0.1, 0.15) is 0 Å². The van der Waals surface area contributed by atoms with E-state index >= 15 is 0 Å². The molecule has 0 aromatic heterocycles. The van der Waals surface area contributed by atoms with Crippen LogP contribution in [0.25, 0.3) is 0 Å². The maximum atomic E-state index is 12.6. The number of amides is 1. The van der Waals surface area contributed by atoms with Crippen LogP contribution in [0.5, 0.6) is 0 Å². The predicted octanol–water partition coefficient (Wildman–Crippen LogP) is 3.28. The number of piperidine rings is 1. The van der Waals surface area contributed by atoms with Gasteiger partial charge in [-0.25, -0.2) is 12.7 Å². The molecule has 1 atom stereocenters. The Morgan fingerprint density at radius 1 is 1.33 bits per heavy atom. The van der Waals surface area contributed by atoms with Crippen LogP contribution >= 0.6 is 35.0 Å². The van der Waals surface area contributed by atoms with Gasteiger partial charge in [0.15, 0.2) is 0 Å². The number of rotatable bonds is 8. The Bertz CT molecular complexity index is 859. The number of unbranched alkanes of at least 4 members (excludes halogenated alkanes) is 1. The molecule has 1 aromatic rings. The largest absolute Gasteiger partial charge is 0.354 e. The van der Waals surface area contributed by atoms with Crippen molar-refractivity contribution < 1.29 is 13.2 Å². The Labute approximate surface area is 193 Å². The molecule has 10 heteroatoms. The molecule has 2 saturated heterocycles. The van der Waals surface area contributed by atoms with Gasteiger partial charge in [0.05, 0.1) is 16.7 Å². The van der Waals surface area contributed by atoms with Gasteiger partial charge in [0.2, 0.25) is 15.9 Å². The number of nitrogens with zero attached hydrogens (tertiary/aromatic N) is 1. The van der Waals surface area contributed by atoms with Crippen LogP contribution in [0, 0.1) is 0 Å². The monoisotopic (exact) mass is 493 g/mol. The van der Waals surface area contributed by atoms with Gasteiger partial charge in [-0.2, -0.15) is 0 Å². The first-order valence-electron chi connectivity index (χ1n) is 10.4. The molecule has 1 amide bonds. The van der Waals surface area contributed by atoms with E-state index in [1.165, 1.54) is 0 Å².